The molecule has 2 aromatic rings. The third-order valence-corrected chi connectivity index (χ3v) is 3.39. The number of rotatable bonds is 6. The summed E-state index contributed by atoms with van der Waals surface area (Å²) in [5.41, 5.74) is 1.34. The van der Waals surface area contributed by atoms with Crippen LogP contribution < -0.4 is 5.32 Å². The number of aliphatic hydroxyl groups is 1. The molecule has 3 nitrogen and oxygen atoms in total. The molecule has 0 aromatic carbocycles. The normalized spacial score (nSPS) is 14.7. The average molecular weight is 251 g/mol. The van der Waals surface area contributed by atoms with Gasteiger partial charge in [0, 0.05) is 12.6 Å². The van der Waals surface area contributed by atoms with Crippen molar-refractivity contribution in [1.29, 1.82) is 0 Å². The summed E-state index contributed by atoms with van der Waals surface area (Å²) in [6.45, 7) is 2.63. The van der Waals surface area contributed by atoms with E-state index in [0.29, 0.717) is 18.3 Å². The van der Waals surface area contributed by atoms with Crippen LogP contribution in [0, 0.1) is 0 Å². The van der Waals surface area contributed by atoms with Crippen LogP contribution in [-0.4, -0.2) is 17.7 Å². The van der Waals surface area contributed by atoms with Crippen molar-refractivity contribution in [2.24, 2.45) is 0 Å². The summed E-state index contributed by atoms with van der Waals surface area (Å²) in [6.07, 6.45) is 1.98. The van der Waals surface area contributed by atoms with Gasteiger partial charge in [-0.2, -0.15) is 11.3 Å². The van der Waals surface area contributed by atoms with Crippen LogP contribution in [0.3, 0.4) is 0 Å². The Labute approximate surface area is 105 Å². The Kier molecular flexibility index (Phi) is 4.36. The topological polar surface area (TPSA) is 45.4 Å². The maximum Gasteiger partial charge on any atom is 0.133 e. The second-order valence-corrected chi connectivity index (χ2v) is 4.96. The SMILES string of the molecule is CC(Cc1ccsc1)NCC(O)c1ccco1. The Hall–Kier alpha value is -1.10. The molecule has 0 fully saturated rings. The van der Waals surface area contributed by atoms with Crippen molar-refractivity contribution in [2.75, 3.05) is 6.54 Å². The van der Waals surface area contributed by atoms with Crippen LogP contribution >= 0.6 is 11.3 Å². The first-order valence-corrected chi connectivity index (χ1v) is 6.66. The van der Waals surface area contributed by atoms with E-state index in [0.717, 1.165) is 6.42 Å². The molecule has 2 N–H and O–H groups in total. The molecule has 2 aromatic heterocycles. The summed E-state index contributed by atoms with van der Waals surface area (Å²) in [4.78, 5) is 0. The lowest BCUT2D eigenvalue weighted by molar-refractivity contribution is 0.144. The van der Waals surface area contributed by atoms with E-state index in [9.17, 15) is 5.11 Å². The van der Waals surface area contributed by atoms with Crippen LogP contribution in [0.5, 0.6) is 0 Å². The van der Waals surface area contributed by atoms with Gasteiger partial charge in [-0.25, -0.2) is 0 Å². The lowest BCUT2D eigenvalue weighted by Gasteiger charge is -2.15. The molecule has 2 rings (SSSR count). The monoisotopic (exact) mass is 251 g/mol. The number of thiophene rings is 1. The molecule has 0 aliphatic carbocycles. The number of hydrogen-bond donors (Lipinski definition) is 2. The van der Waals surface area contributed by atoms with Crippen molar-refractivity contribution in [3.8, 4) is 0 Å². The summed E-state index contributed by atoms with van der Waals surface area (Å²) in [7, 11) is 0. The first kappa shape index (κ1) is 12.4. The van der Waals surface area contributed by atoms with Crippen molar-refractivity contribution in [1.82, 2.24) is 5.32 Å². The van der Waals surface area contributed by atoms with E-state index in [1.165, 1.54) is 5.56 Å². The van der Waals surface area contributed by atoms with Gasteiger partial charge < -0.3 is 14.8 Å². The minimum absolute atomic E-state index is 0.342. The minimum Gasteiger partial charge on any atom is -0.467 e. The fourth-order valence-electron chi connectivity index (χ4n) is 1.73. The molecule has 0 spiro atoms. The number of hydrogen-bond acceptors (Lipinski definition) is 4. The fraction of sp³-hybridized carbons (Fsp3) is 0.385. The molecule has 0 radical (unpaired) electrons. The van der Waals surface area contributed by atoms with Crippen molar-refractivity contribution >= 4 is 11.3 Å². The van der Waals surface area contributed by atoms with Crippen LogP contribution in [0.15, 0.2) is 39.6 Å². The molecule has 2 atom stereocenters. The van der Waals surface area contributed by atoms with E-state index in [-0.39, 0.29) is 0 Å². The van der Waals surface area contributed by atoms with Crippen LogP contribution in [-0.2, 0) is 6.42 Å². The highest BCUT2D eigenvalue weighted by molar-refractivity contribution is 7.07. The van der Waals surface area contributed by atoms with E-state index in [1.54, 1.807) is 29.7 Å². The molecule has 4 heteroatoms. The van der Waals surface area contributed by atoms with Gasteiger partial charge in [0.1, 0.15) is 11.9 Å². The molecule has 2 heterocycles. The standard InChI is InChI=1S/C13H17NO2S/c1-10(7-11-4-6-17-9-11)14-8-12(15)13-3-2-5-16-13/h2-6,9-10,12,14-15H,7-8H2,1H3. The lowest BCUT2D eigenvalue weighted by Crippen LogP contribution is -2.31. The largest absolute Gasteiger partial charge is 0.467 e. The molecule has 0 amide bonds. The Bertz CT molecular complexity index is 411. The maximum atomic E-state index is 9.83. The highest BCUT2D eigenvalue weighted by Crippen LogP contribution is 2.13. The van der Waals surface area contributed by atoms with E-state index in [4.69, 9.17) is 4.42 Å². The van der Waals surface area contributed by atoms with Gasteiger partial charge in [-0.3, -0.25) is 0 Å². The van der Waals surface area contributed by atoms with Crippen LogP contribution in [0.4, 0.5) is 0 Å². The number of nitrogens with one attached hydrogen (secondary N) is 1. The first-order valence-electron chi connectivity index (χ1n) is 5.71. The van der Waals surface area contributed by atoms with E-state index >= 15 is 0 Å². The average Bonchev–Trinajstić information content (AvgIpc) is 2.97. The zero-order valence-electron chi connectivity index (χ0n) is 9.80. The molecule has 0 aliphatic heterocycles. The summed E-state index contributed by atoms with van der Waals surface area (Å²) >= 11 is 1.71. The van der Waals surface area contributed by atoms with Gasteiger partial charge in [0.25, 0.3) is 0 Å². The van der Waals surface area contributed by atoms with E-state index in [1.807, 2.05) is 0 Å². The predicted octanol–water partition coefficient (Wildman–Crippen LogP) is 2.60. The molecule has 0 bridgehead atoms. The first-order chi connectivity index (χ1) is 8.25. The summed E-state index contributed by atoms with van der Waals surface area (Å²) in [5.74, 6) is 0.611. The maximum absolute atomic E-state index is 9.83. The van der Waals surface area contributed by atoms with E-state index < -0.39 is 6.10 Å². The number of aliphatic hydroxyl groups excluding tert-OH is 1. The highest BCUT2D eigenvalue weighted by atomic mass is 32.1. The van der Waals surface area contributed by atoms with Gasteiger partial charge in [0.2, 0.25) is 0 Å². The fourth-order valence-corrected chi connectivity index (χ4v) is 2.41. The van der Waals surface area contributed by atoms with Gasteiger partial charge in [-0.15, -0.1) is 0 Å². The molecule has 92 valence electrons. The Balaban J connectivity index is 1.74. The summed E-state index contributed by atoms with van der Waals surface area (Å²) in [6, 6.07) is 6.05. The molecule has 0 aliphatic rings. The van der Waals surface area contributed by atoms with Gasteiger partial charge in [-0.1, -0.05) is 0 Å². The zero-order chi connectivity index (χ0) is 12.1. The minimum atomic E-state index is -0.574. The van der Waals surface area contributed by atoms with E-state index in [2.05, 4.69) is 29.1 Å². The van der Waals surface area contributed by atoms with Crippen molar-refractivity contribution in [3.05, 3.63) is 46.5 Å². The quantitative estimate of drug-likeness (QED) is 0.829. The predicted molar refractivity (Wildman–Crippen MR) is 69.2 cm³/mol. The lowest BCUT2D eigenvalue weighted by atomic mass is 10.1. The molecular weight excluding hydrogens is 234 g/mol. The third-order valence-electron chi connectivity index (χ3n) is 2.65. The van der Waals surface area contributed by atoms with Gasteiger partial charge in [0.15, 0.2) is 0 Å². The Morgan fingerprint density at radius 2 is 2.35 bits per heavy atom. The second-order valence-electron chi connectivity index (χ2n) is 4.18. The van der Waals surface area contributed by atoms with Crippen LogP contribution in [0.1, 0.15) is 24.4 Å². The van der Waals surface area contributed by atoms with Crippen molar-refractivity contribution < 1.29 is 9.52 Å². The van der Waals surface area contributed by atoms with Crippen LogP contribution in [0.25, 0.3) is 0 Å². The zero-order valence-corrected chi connectivity index (χ0v) is 10.6. The molecule has 0 saturated carbocycles. The van der Waals surface area contributed by atoms with Crippen molar-refractivity contribution in [3.63, 3.8) is 0 Å². The summed E-state index contributed by atoms with van der Waals surface area (Å²) in [5, 5.41) is 17.4. The smallest absolute Gasteiger partial charge is 0.133 e. The molecular formula is C13H17NO2S. The van der Waals surface area contributed by atoms with Crippen molar-refractivity contribution in [2.45, 2.75) is 25.5 Å². The van der Waals surface area contributed by atoms with Gasteiger partial charge in [-0.05, 0) is 47.9 Å². The second kappa shape index (κ2) is 6.00. The van der Waals surface area contributed by atoms with Crippen LogP contribution in [0.2, 0.25) is 0 Å². The Morgan fingerprint density at radius 3 is 3.00 bits per heavy atom. The summed E-state index contributed by atoms with van der Waals surface area (Å²) < 4.78 is 5.15. The Morgan fingerprint density at radius 1 is 1.47 bits per heavy atom. The number of furan rings is 1. The molecule has 0 saturated heterocycles. The highest BCUT2D eigenvalue weighted by Gasteiger charge is 2.11. The molecule has 17 heavy (non-hydrogen) atoms. The molecule has 2 unspecified atom stereocenters. The van der Waals surface area contributed by atoms with Gasteiger partial charge in [0.05, 0.1) is 6.26 Å². The van der Waals surface area contributed by atoms with Gasteiger partial charge >= 0.3 is 0 Å². The third kappa shape index (κ3) is 3.70.